The maximum absolute atomic E-state index is 12.9. The van der Waals surface area contributed by atoms with Crippen LogP contribution in [-0.4, -0.2) is 43.0 Å². The molecular formula is C21H24N2O3. The van der Waals surface area contributed by atoms with E-state index in [2.05, 4.69) is 6.07 Å². The van der Waals surface area contributed by atoms with Gasteiger partial charge < -0.3 is 14.5 Å². The van der Waals surface area contributed by atoms with Crippen molar-refractivity contribution in [2.75, 3.05) is 25.1 Å². The van der Waals surface area contributed by atoms with Gasteiger partial charge in [0.15, 0.2) is 0 Å². The van der Waals surface area contributed by atoms with E-state index in [-0.39, 0.29) is 11.8 Å². The molecule has 0 radical (unpaired) electrons. The first kappa shape index (κ1) is 18.0. The molecular weight excluding hydrogens is 328 g/mol. The maximum atomic E-state index is 12.9. The number of hydrogen-bond acceptors (Lipinski definition) is 3. The van der Waals surface area contributed by atoms with Gasteiger partial charge in [0.25, 0.3) is 5.91 Å². The molecule has 1 aliphatic rings. The van der Waals surface area contributed by atoms with Crippen LogP contribution in [0.4, 0.5) is 5.69 Å². The first-order chi connectivity index (χ1) is 12.4. The predicted octanol–water partition coefficient (Wildman–Crippen LogP) is 3.19. The van der Waals surface area contributed by atoms with Gasteiger partial charge in [-0.3, -0.25) is 9.59 Å². The van der Waals surface area contributed by atoms with Crippen LogP contribution in [0.5, 0.6) is 5.75 Å². The van der Waals surface area contributed by atoms with Crippen molar-refractivity contribution < 1.29 is 14.3 Å². The van der Waals surface area contributed by atoms with Crippen LogP contribution in [0.1, 0.15) is 28.4 Å². The molecule has 26 heavy (non-hydrogen) atoms. The Balaban J connectivity index is 1.79. The number of ether oxygens (including phenoxy) is 1. The largest absolute Gasteiger partial charge is 0.497 e. The molecule has 1 saturated heterocycles. The van der Waals surface area contributed by atoms with E-state index >= 15 is 0 Å². The number of rotatable bonds is 3. The summed E-state index contributed by atoms with van der Waals surface area (Å²) in [7, 11) is 1.59. The Labute approximate surface area is 154 Å². The van der Waals surface area contributed by atoms with Gasteiger partial charge in [-0.05, 0) is 68.3 Å². The van der Waals surface area contributed by atoms with Crippen molar-refractivity contribution in [1.29, 1.82) is 0 Å². The Kier molecular flexibility index (Phi) is 4.98. The maximum Gasteiger partial charge on any atom is 0.254 e. The Hall–Kier alpha value is -2.82. The molecule has 1 atom stereocenters. The van der Waals surface area contributed by atoms with E-state index in [0.717, 1.165) is 16.8 Å². The van der Waals surface area contributed by atoms with Crippen molar-refractivity contribution in [1.82, 2.24) is 4.90 Å². The number of piperazine rings is 1. The zero-order valence-electron chi connectivity index (χ0n) is 15.7. The molecule has 0 bridgehead atoms. The van der Waals surface area contributed by atoms with Gasteiger partial charge in [-0.15, -0.1) is 0 Å². The molecule has 0 unspecified atom stereocenters. The van der Waals surface area contributed by atoms with E-state index in [4.69, 9.17) is 4.74 Å². The highest BCUT2D eigenvalue weighted by Crippen LogP contribution is 2.24. The molecule has 5 heteroatoms. The third kappa shape index (κ3) is 3.43. The number of amides is 2. The highest BCUT2D eigenvalue weighted by Gasteiger charge is 2.35. The van der Waals surface area contributed by atoms with E-state index in [1.165, 1.54) is 0 Å². The summed E-state index contributed by atoms with van der Waals surface area (Å²) in [6.07, 6.45) is 0. The minimum Gasteiger partial charge on any atom is -0.497 e. The quantitative estimate of drug-likeness (QED) is 0.852. The summed E-state index contributed by atoms with van der Waals surface area (Å²) < 4.78 is 5.13. The molecule has 0 aliphatic carbocycles. The summed E-state index contributed by atoms with van der Waals surface area (Å²) in [5.74, 6) is 0.516. The van der Waals surface area contributed by atoms with Gasteiger partial charge >= 0.3 is 0 Å². The lowest BCUT2D eigenvalue weighted by atomic mass is 10.1. The van der Waals surface area contributed by atoms with Crippen LogP contribution in [0.2, 0.25) is 0 Å². The molecule has 136 valence electrons. The smallest absolute Gasteiger partial charge is 0.254 e. The van der Waals surface area contributed by atoms with E-state index in [1.54, 1.807) is 48.1 Å². The number of aryl methyl sites for hydroxylation is 2. The summed E-state index contributed by atoms with van der Waals surface area (Å²) in [5, 5.41) is 0. The fraction of sp³-hybridized carbons (Fsp3) is 0.333. The molecule has 5 nitrogen and oxygen atoms in total. The molecule has 0 saturated carbocycles. The number of methoxy groups -OCH3 is 1. The fourth-order valence-corrected chi connectivity index (χ4v) is 3.41. The predicted molar refractivity (Wildman–Crippen MR) is 102 cm³/mol. The van der Waals surface area contributed by atoms with Gasteiger partial charge in [0.2, 0.25) is 5.91 Å². The monoisotopic (exact) mass is 352 g/mol. The van der Waals surface area contributed by atoms with Gasteiger partial charge in [0.05, 0.1) is 7.11 Å². The van der Waals surface area contributed by atoms with Crippen LogP contribution in [0.3, 0.4) is 0 Å². The lowest BCUT2D eigenvalue weighted by Gasteiger charge is -2.39. The van der Waals surface area contributed by atoms with Crippen LogP contribution >= 0.6 is 0 Å². The average molecular weight is 352 g/mol. The highest BCUT2D eigenvalue weighted by molar-refractivity contribution is 6.03. The number of carbonyl (C=O) groups is 2. The van der Waals surface area contributed by atoms with Crippen LogP contribution < -0.4 is 9.64 Å². The van der Waals surface area contributed by atoms with Crippen molar-refractivity contribution in [2.45, 2.75) is 26.8 Å². The molecule has 2 aromatic carbocycles. The van der Waals surface area contributed by atoms with Gasteiger partial charge in [-0.1, -0.05) is 6.07 Å². The van der Waals surface area contributed by atoms with Crippen molar-refractivity contribution >= 4 is 17.5 Å². The molecule has 1 aliphatic heterocycles. The van der Waals surface area contributed by atoms with Crippen LogP contribution in [0.15, 0.2) is 42.5 Å². The number of carbonyl (C=O) groups excluding carboxylic acids is 2. The van der Waals surface area contributed by atoms with Gasteiger partial charge in [-0.25, -0.2) is 0 Å². The SMILES string of the molecule is COc1ccc(C(=O)N2CCN(c3cc(C)cc(C)c3)C(=O)[C@@H]2C)cc1. The third-order valence-corrected chi connectivity index (χ3v) is 4.77. The minimum absolute atomic E-state index is 0.0527. The van der Waals surface area contributed by atoms with Gasteiger partial charge in [-0.2, -0.15) is 0 Å². The summed E-state index contributed by atoms with van der Waals surface area (Å²) in [4.78, 5) is 29.2. The Bertz CT molecular complexity index is 809. The summed E-state index contributed by atoms with van der Waals surface area (Å²) in [6, 6.07) is 12.6. The fourth-order valence-electron chi connectivity index (χ4n) is 3.41. The number of benzene rings is 2. The standard InChI is InChI=1S/C21H24N2O3/c1-14-11-15(2)13-18(12-14)23-10-9-22(16(3)20(23)24)21(25)17-5-7-19(26-4)8-6-17/h5-8,11-13,16H,9-10H2,1-4H3/t16-/m0/s1. The van der Waals surface area contributed by atoms with E-state index in [9.17, 15) is 9.59 Å². The molecule has 0 aromatic heterocycles. The minimum atomic E-state index is -0.501. The first-order valence-corrected chi connectivity index (χ1v) is 8.75. The molecule has 3 rings (SSSR count). The summed E-state index contributed by atoms with van der Waals surface area (Å²) in [6.45, 7) is 6.83. The lowest BCUT2D eigenvalue weighted by Crippen LogP contribution is -2.57. The molecule has 1 heterocycles. The van der Waals surface area contributed by atoms with Crippen molar-refractivity contribution in [3.8, 4) is 5.75 Å². The lowest BCUT2D eigenvalue weighted by molar-refractivity contribution is -0.124. The zero-order chi connectivity index (χ0) is 18.8. The van der Waals surface area contributed by atoms with Crippen molar-refractivity contribution in [3.63, 3.8) is 0 Å². The number of nitrogens with zero attached hydrogens (tertiary/aromatic N) is 2. The van der Waals surface area contributed by atoms with Gasteiger partial charge in [0.1, 0.15) is 11.8 Å². The Morgan fingerprint density at radius 1 is 1.04 bits per heavy atom. The Morgan fingerprint density at radius 3 is 2.23 bits per heavy atom. The van der Waals surface area contributed by atoms with E-state index in [1.807, 2.05) is 26.0 Å². The highest BCUT2D eigenvalue weighted by atomic mass is 16.5. The zero-order valence-corrected chi connectivity index (χ0v) is 15.7. The molecule has 0 spiro atoms. The molecule has 2 amide bonds. The number of hydrogen-bond donors (Lipinski definition) is 0. The summed E-state index contributed by atoms with van der Waals surface area (Å²) in [5.41, 5.74) is 3.70. The third-order valence-electron chi connectivity index (χ3n) is 4.77. The number of anilines is 1. The molecule has 2 aromatic rings. The second-order valence-corrected chi connectivity index (χ2v) is 6.74. The molecule has 0 N–H and O–H groups in total. The normalized spacial score (nSPS) is 17.4. The second kappa shape index (κ2) is 7.20. The average Bonchev–Trinajstić information content (AvgIpc) is 2.62. The van der Waals surface area contributed by atoms with Crippen LogP contribution in [0.25, 0.3) is 0 Å². The van der Waals surface area contributed by atoms with Crippen LogP contribution in [-0.2, 0) is 4.79 Å². The molecule has 1 fully saturated rings. The van der Waals surface area contributed by atoms with Crippen LogP contribution in [0, 0.1) is 13.8 Å². The van der Waals surface area contributed by atoms with E-state index in [0.29, 0.717) is 24.4 Å². The Morgan fingerprint density at radius 2 is 1.65 bits per heavy atom. The summed E-state index contributed by atoms with van der Waals surface area (Å²) >= 11 is 0. The van der Waals surface area contributed by atoms with Crippen molar-refractivity contribution in [3.05, 3.63) is 59.2 Å². The second-order valence-electron chi connectivity index (χ2n) is 6.74. The first-order valence-electron chi connectivity index (χ1n) is 8.75. The van der Waals surface area contributed by atoms with Gasteiger partial charge in [0, 0.05) is 24.3 Å². The topological polar surface area (TPSA) is 49.9 Å². The van der Waals surface area contributed by atoms with Crippen molar-refractivity contribution in [2.24, 2.45) is 0 Å². The van der Waals surface area contributed by atoms with E-state index < -0.39 is 6.04 Å².